The van der Waals surface area contributed by atoms with E-state index in [0.29, 0.717) is 0 Å². The first-order valence-corrected chi connectivity index (χ1v) is 5.71. The number of benzene rings is 2. The van der Waals surface area contributed by atoms with Crippen LogP contribution in [0.4, 0.5) is 5.69 Å². The van der Waals surface area contributed by atoms with Crippen LogP contribution in [-0.2, 0) is 0 Å². The summed E-state index contributed by atoms with van der Waals surface area (Å²) in [5, 5.41) is 2.09. The van der Waals surface area contributed by atoms with Crippen LogP contribution in [0.25, 0.3) is 21.8 Å². The third-order valence-electron chi connectivity index (χ3n) is 3.13. The molecule has 0 amide bonds. The van der Waals surface area contributed by atoms with Gasteiger partial charge in [-0.1, -0.05) is 23.3 Å². The summed E-state index contributed by atoms with van der Waals surface area (Å²) in [6.07, 6.45) is 0. The minimum atomic E-state index is 0.831. The quantitative estimate of drug-likeness (QED) is 0.590. The highest BCUT2D eigenvalue weighted by Gasteiger charge is 2.06. The zero-order valence-electron chi connectivity index (χ0n) is 9.99. The number of fused-ring (bicyclic) bond motifs is 2. The largest absolute Gasteiger partial charge is 0.398 e. The molecule has 0 aliphatic carbocycles. The van der Waals surface area contributed by atoms with E-state index in [2.05, 4.69) is 43.1 Å². The normalized spacial score (nSPS) is 11.2. The van der Waals surface area contributed by atoms with Gasteiger partial charge >= 0.3 is 0 Å². The molecule has 0 saturated carbocycles. The van der Waals surface area contributed by atoms with Crippen molar-refractivity contribution in [1.29, 1.82) is 0 Å². The molecule has 2 aromatic carbocycles. The van der Waals surface area contributed by atoms with Crippen LogP contribution < -0.4 is 5.73 Å². The van der Waals surface area contributed by atoms with Gasteiger partial charge in [0.25, 0.3) is 0 Å². The number of aromatic nitrogens is 1. The highest BCUT2D eigenvalue weighted by molar-refractivity contribution is 6.06. The van der Waals surface area contributed by atoms with Crippen LogP contribution in [0.15, 0.2) is 36.4 Å². The molecule has 2 heteroatoms. The lowest BCUT2D eigenvalue weighted by Crippen LogP contribution is -1.93. The maximum atomic E-state index is 6.25. The number of anilines is 1. The van der Waals surface area contributed by atoms with E-state index in [-0.39, 0.29) is 0 Å². The van der Waals surface area contributed by atoms with E-state index in [0.717, 1.165) is 27.5 Å². The fourth-order valence-corrected chi connectivity index (χ4v) is 2.20. The molecule has 0 aliphatic rings. The Labute approximate surface area is 100 Å². The van der Waals surface area contributed by atoms with Gasteiger partial charge in [0.2, 0.25) is 0 Å². The number of hydrogen-bond donors (Lipinski definition) is 1. The van der Waals surface area contributed by atoms with Gasteiger partial charge in [-0.05, 0) is 38.1 Å². The summed E-state index contributed by atoms with van der Waals surface area (Å²) in [5.41, 5.74) is 11.4. The Morgan fingerprint density at radius 1 is 0.824 bits per heavy atom. The number of rotatable bonds is 0. The Balaban J connectivity index is 2.53. The van der Waals surface area contributed by atoms with Crippen molar-refractivity contribution in [2.75, 3.05) is 5.73 Å². The molecular weight excluding hydrogens is 208 g/mol. The van der Waals surface area contributed by atoms with Crippen LogP contribution in [0.5, 0.6) is 0 Å². The molecule has 0 atom stereocenters. The van der Waals surface area contributed by atoms with Crippen LogP contribution in [0.3, 0.4) is 0 Å². The van der Waals surface area contributed by atoms with Crippen molar-refractivity contribution in [2.45, 2.75) is 13.8 Å². The predicted molar refractivity (Wildman–Crippen MR) is 73.1 cm³/mol. The minimum absolute atomic E-state index is 0.831. The summed E-state index contributed by atoms with van der Waals surface area (Å²) in [6.45, 7) is 4.14. The van der Waals surface area contributed by atoms with Crippen LogP contribution in [-0.4, -0.2) is 4.98 Å². The van der Waals surface area contributed by atoms with E-state index in [1.165, 1.54) is 11.1 Å². The van der Waals surface area contributed by atoms with Crippen molar-refractivity contribution < 1.29 is 0 Å². The summed E-state index contributed by atoms with van der Waals surface area (Å²) in [6, 6.07) is 12.4. The third kappa shape index (κ3) is 1.53. The van der Waals surface area contributed by atoms with Crippen molar-refractivity contribution in [3.8, 4) is 0 Å². The second-order valence-corrected chi connectivity index (χ2v) is 4.57. The number of nitrogens with two attached hydrogens (primary N) is 1. The van der Waals surface area contributed by atoms with Gasteiger partial charge in [0.1, 0.15) is 0 Å². The standard InChI is InChI=1S/C15H14N2/c1-9-3-5-13-11(7-9)15(16)12-8-10(2)4-6-14(12)17-13/h3-8H,1-2H3,(H2,16,17). The van der Waals surface area contributed by atoms with E-state index < -0.39 is 0 Å². The van der Waals surface area contributed by atoms with Gasteiger partial charge in [-0.2, -0.15) is 0 Å². The Kier molecular flexibility index (Phi) is 2.05. The van der Waals surface area contributed by atoms with Gasteiger partial charge in [0, 0.05) is 10.8 Å². The van der Waals surface area contributed by atoms with Crippen LogP contribution in [0.1, 0.15) is 11.1 Å². The second-order valence-electron chi connectivity index (χ2n) is 4.57. The second kappa shape index (κ2) is 3.45. The summed E-state index contributed by atoms with van der Waals surface area (Å²) < 4.78 is 0. The topological polar surface area (TPSA) is 38.9 Å². The molecule has 84 valence electrons. The van der Waals surface area contributed by atoms with Crippen LogP contribution in [0, 0.1) is 13.8 Å². The molecule has 0 bridgehead atoms. The Hall–Kier alpha value is -2.09. The molecule has 1 heterocycles. The van der Waals surface area contributed by atoms with Gasteiger partial charge in [0.05, 0.1) is 16.7 Å². The Morgan fingerprint density at radius 2 is 1.29 bits per heavy atom. The Bertz CT molecular complexity index is 670. The first-order chi connectivity index (χ1) is 8.15. The van der Waals surface area contributed by atoms with Crippen molar-refractivity contribution in [1.82, 2.24) is 4.98 Å². The molecular formula is C15H14N2. The number of hydrogen-bond acceptors (Lipinski definition) is 2. The highest BCUT2D eigenvalue weighted by Crippen LogP contribution is 2.29. The molecule has 0 unspecified atom stereocenters. The third-order valence-corrected chi connectivity index (χ3v) is 3.13. The van der Waals surface area contributed by atoms with E-state index in [9.17, 15) is 0 Å². The fourth-order valence-electron chi connectivity index (χ4n) is 2.20. The van der Waals surface area contributed by atoms with E-state index in [1.54, 1.807) is 0 Å². The van der Waals surface area contributed by atoms with Crippen molar-refractivity contribution in [3.05, 3.63) is 47.5 Å². The van der Waals surface area contributed by atoms with Gasteiger partial charge in [-0.3, -0.25) is 0 Å². The number of pyridine rings is 1. The molecule has 17 heavy (non-hydrogen) atoms. The van der Waals surface area contributed by atoms with Crippen molar-refractivity contribution in [3.63, 3.8) is 0 Å². The maximum Gasteiger partial charge on any atom is 0.0730 e. The fraction of sp³-hybridized carbons (Fsp3) is 0.133. The first kappa shape index (κ1) is 10.1. The first-order valence-electron chi connectivity index (χ1n) is 5.71. The SMILES string of the molecule is Cc1ccc2nc3ccc(C)cc3c(N)c2c1. The summed E-state index contributed by atoms with van der Waals surface area (Å²) >= 11 is 0. The van der Waals surface area contributed by atoms with E-state index in [1.807, 2.05) is 12.1 Å². The van der Waals surface area contributed by atoms with Gasteiger partial charge in [-0.15, -0.1) is 0 Å². The molecule has 0 fully saturated rings. The molecule has 0 aliphatic heterocycles. The van der Waals surface area contributed by atoms with Crippen molar-refractivity contribution in [2.24, 2.45) is 0 Å². The number of nitrogen functional groups attached to an aromatic ring is 1. The minimum Gasteiger partial charge on any atom is -0.398 e. The number of nitrogens with zero attached hydrogens (tertiary/aromatic N) is 1. The lowest BCUT2D eigenvalue weighted by molar-refractivity contribution is 1.43. The lowest BCUT2D eigenvalue weighted by Gasteiger charge is -2.08. The average molecular weight is 222 g/mol. The summed E-state index contributed by atoms with van der Waals surface area (Å²) in [5.74, 6) is 0. The molecule has 3 rings (SSSR count). The number of aryl methyl sites for hydroxylation is 2. The highest BCUT2D eigenvalue weighted by atomic mass is 14.7. The molecule has 3 aromatic rings. The van der Waals surface area contributed by atoms with Crippen LogP contribution in [0.2, 0.25) is 0 Å². The zero-order valence-corrected chi connectivity index (χ0v) is 9.99. The lowest BCUT2D eigenvalue weighted by atomic mass is 10.0. The zero-order chi connectivity index (χ0) is 12.0. The van der Waals surface area contributed by atoms with E-state index in [4.69, 9.17) is 5.73 Å². The van der Waals surface area contributed by atoms with E-state index >= 15 is 0 Å². The van der Waals surface area contributed by atoms with Crippen molar-refractivity contribution >= 4 is 27.5 Å². The van der Waals surface area contributed by atoms with Gasteiger partial charge in [-0.25, -0.2) is 4.98 Å². The Morgan fingerprint density at radius 3 is 1.76 bits per heavy atom. The molecule has 0 radical (unpaired) electrons. The summed E-state index contributed by atoms with van der Waals surface area (Å²) in [7, 11) is 0. The summed E-state index contributed by atoms with van der Waals surface area (Å²) in [4.78, 5) is 4.64. The van der Waals surface area contributed by atoms with Crippen LogP contribution >= 0.6 is 0 Å². The molecule has 2 nitrogen and oxygen atoms in total. The smallest absolute Gasteiger partial charge is 0.0730 e. The molecule has 0 spiro atoms. The van der Waals surface area contributed by atoms with Gasteiger partial charge < -0.3 is 5.73 Å². The predicted octanol–water partition coefficient (Wildman–Crippen LogP) is 3.59. The molecule has 2 N–H and O–H groups in total. The molecule has 1 aromatic heterocycles. The monoisotopic (exact) mass is 222 g/mol. The molecule has 0 saturated heterocycles. The van der Waals surface area contributed by atoms with Gasteiger partial charge in [0.15, 0.2) is 0 Å². The maximum absolute atomic E-state index is 6.25. The average Bonchev–Trinajstić information content (AvgIpc) is 2.32.